The van der Waals surface area contributed by atoms with Crippen LogP contribution in [0.25, 0.3) is 0 Å². The number of carbonyl (C=O) groups is 1. The summed E-state index contributed by atoms with van der Waals surface area (Å²) >= 11 is 0. The maximum atomic E-state index is 11.9. The summed E-state index contributed by atoms with van der Waals surface area (Å²) in [6.45, 7) is 6.24. The molecule has 1 saturated carbocycles. The predicted octanol–water partition coefficient (Wildman–Crippen LogP) is 3.61. The normalized spacial score (nSPS) is 17.5. The minimum absolute atomic E-state index is 0.0185. The van der Waals surface area contributed by atoms with Crippen molar-refractivity contribution in [2.24, 2.45) is 0 Å². The first-order chi connectivity index (χ1) is 9.81. The molecule has 0 aliphatic heterocycles. The van der Waals surface area contributed by atoms with E-state index in [0.29, 0.717) is 6.54 Å². The number of alkyl carbamates (subject to hydrolysis) is 1. The topological polar surface area (TPSA) is 64.3 Å². The van der Waals surface area contributed by atoms with Crippen molar-refractivity contribution < 1.29 is 9.53 Å². The molecular formula is C17H26N2O2. The molecule has 4 nitrogen and oxygen atoms in total. The second kappa shape index (κ2) is 5.96. The van der Waals surface area contributed by atoms with Gasteiger partial charge in [0.15, 0.2) is 0 Å². The molecule has 0 spiro atoms. The fraction of sp³-hybridized carbons (Fsp3) is 0.588. The molecule has 0 radical (unpaired) electrons. The van der Waals surface area contributed by atoms with Gasteiger partial charge in [-0.2, -0.15) is 0 Å². The van der Waals surface area contributed by atoms with Crippen LogP contribution in [0.2, 0.25) is 0 Å². The van der Waals surface area contributed by atoms with Gasteiger partial charge >= 0.3 is 6.09 Å². The Kier molecular flexibility index (Phi) is 4.45. The standard InChI is InChI=1S/C17H26N2O2/c1-16(2,3)21-15(20)19-12-17(10-4-5-11-17)13-6-8-14(18)9-7-13/h6-9H,4-5,10-12,18H2,1-3H3,(H,19,20). The summed E-state index contributed by atoms with van der Waals surface area (Å²) in [7, 11) is 0. The Morgan fingerprint density at radius 3 is 2.33 bits per heavy atom. The number of nitrogens with one attached hydrogen (secondary N) is 1. The number of hydrogen-bond acceptors (Lipinski definition) is 3. The molecule has 0 heterocycles. The molecule has 1 fully saturated rings. The Balaban J connectivity index is 2.06. The molecule has 1 aromatic carbocycles. The van der Waals surface area contributed by atoms with Crippen LogP contribution in [0.1, 0.15) is 52.0 Å². The first kappa shape index (κ1) is 15.7. The highest BCUT2D eigenvalue weighted by atomic mass is 16.6. The lowest BCUT2D eigenvalue weighted by Gasteiger charge is -2.30. The van der Waals surface area contributed by atoms with E-state index in [0.717, 1.165) is 18.5 Å². The average molecular weight is 290 g/mol. The van der Waals surface area contributed by atoms with E-state index in [2.05, 4.69) is 17.4 Å². The minimum atomic E-state index is -0.464. The van der Waals surface area contributed by atoms with Gasteiger partial charge in [0.25, 0.3) is 0 Å². The molecule has 0 aromatic heterocycles. The van der Waals surface area contributed by atoms with Crippen LogP contribution in [0.15, 0.2) is 24.3 Å². The van der Waals surface area contributed by atoms with Crippen molar-refractivity contribution in [3.8, 4) is 0 Å². The third kappa shape index (κ3) is 4.13. The lowest BCUT2D eigenvalue weighted by molar-refractivity contribution is 0.0514. The zero-order valence-corrected chi connectivity index (χ0v) is 13.2. The largest absolute Gasteiger partial charge is 0.444 e. The van der Waals surface area contributed by atoms with E-state index in [1.807, 2.05) is 32.9 Å². The summed E-state index contributed by atoms with van der Waals surface area (Å²) in [6.07, 6.45) is 4.23. The van der Waals surface area contributed by atoms with Gasteiger partial charge in [0.1, 0.15) is 5.60 Å². The van der Waals surface area contributed by atoms with Crippen molar-refractivity contribution >= 4 is 11.8 Å². The van der Waals surface area contributed by atoms with E-state index in [1.54, 1.807) is 0 Å². The van der Waals surface area contributed by atoms with Gasteiger partial charge in [-0.05, 0) is 51.3 Å². The van der Waals surface area contributed by atoms with Crippen molar-refractivity contribution in [1.82, 2.24) is 5.32 Å². The summed E-state index contributed by atoms with van der Waals surface area (Å²) in [5.41, 5.74) is 7.35. The van der Waals surface area contributed by atoms with Gasteiger partial charge in [-0.3, -0.25) is 0 Å². The fourth-order valence-electron chi connectivity index (χ4n) is 3.01. The van der Waals surface area contributed by atoms with Crippen LogP contribution in [-0.4, -0.2) is 18.2 Å². The number of nitrogen functional groups attached to an aromatic ring is 1. The number of amides is 1. The van der Waals surface area contributed by atoms with Gasteiger partial charge in [-0.1, -0.05) is 25.0 Å². The SMILES string of the molecule is CC(C)(C)OC(=O)NCC1(c2ccc(N)cc2)CCCC1. The molecular weight excluding hydrogens is 264 g/mol. The highest BCUT2D eigenvalue weighted by Gasteiger charge is 2.36. The number of anilines is 1. The predicted molar refractivity (Wildman–Crippen MR) is 85.2 cm³/mol. The summed E-state index contributed by atoms with van der Waals surface area (Å²) in [5, 5.41) is 2.94. The highest BCUT2D eigenvalue weighted by Crippen LogP contribution is 2.40. The second-order valence-corrected chi connectivity index (χ2v) is 6.96. The molecule has 0 atom stereocenters. The number of benzene rings is 1. The quantitative estimate of drug-likeness (QED) is 0.836. The van der Waals surface area contributed by atoms with E-state index >= 15 is 0 Å². The van der Waals surface area contributed by atoms with Crippen molar-refractivity contribution in [3.05, 3.63) is 29.8 Å². The van der Waals surface area contributed by atoms with Gasteiger partial charge in [0.05, 0.1) is 0 Å². The molecule has 1 aliphatic rings. The van der Waals surface area contributed by atoms with Gasteiger partial charge in [0, 0.05) is 17.6 Å². The first-order valence-corrected chi connectivity index (χ1v) is 7.64. The zero-order valence-electron chi connectivity index (χ0n) is 13.2. The van der Waals surface area contributed by atoms with E-state index in [-0.39, 0.29) is 11.5 Å². The van der Waals surface area contributed by atoms with E-state index in [4.69, 9.17) is 10.5 Å². The molecule has 2 rings (SSSR count). The summed E-state index contributed by atoms with van der Waals surface area (Å²) < 4.78 is 5.33. The molecule has 1 aliphatic carbocycles. The first-order valence-electron chi connectivity index (χ1n) is 7.64. The molecule has 4 heteroatoms. The maximum Gasteiger partial charge on any atom is 0.407 e. The molecule has 0 bridgehead atoms. The van der Waals surface area contributed by atoms with Crippen molar-refractivity contribution in [2.45, 2.75) is 57.5 Å². The van der Waals surface area contributed by atoms with Crippen LogP contribution in [0, 0.1) is 0 Å². The smallest absolute Gasteiger partial charge is 0.407 e. The molecule has 0 unspecified atom stereocenters. The number of hydrogen-bond donors (Lipinski definition) is 2. The summed E-state index contributed by atoms with van der Waals surface area (Å²) in [5.74, 6) is 0. The lowest BCUT2D eigenvalue weighted by Crippen LogP contribution is -2.41. The summed E-state index contributed by atoms with van der Waals surface area (Å²) in [6, 6.07) is 8.03. The van der Waals surface area contributed by atoms with E-state index in [9.17, 15) is 4.79 Å². The Morgan fingerprint density at radius 1 is 1.24 bits per heavy atom. The number of carbonyl (C=O) groups excluding carboxylic acids is 1. The van der Waals surface area contributed by atoms with Crippen LogP contribution < -0.4 is 11.1 Å². The fourth-order valence-corrected chi connectivity index (χ4v) is 3.01. The third-order valence-corrected chi connectivity index (χ3v) is 4.05. The third-order valence-electron chi connectivity index (χ3n) is 4.05. The number of rotatable bonds is 3. The van der Waals surface area contributed by atoms with Gasteiger partial charge in [-0.25, -0.2) is 4.79 Å². The molecule has 1 aromatic rings. The molecule has 116 valence electrons. The van der Waals surface area contributed by atoms with Crippen LogP contribution in [0.3, 0.4) is 0 Å². The molecule has 0 saturated heterocycles. The van der Waals surface area contributed by atoms with Crippen LogP contribution in [0.4, 0.5) is 10.5 Å². The second-order valence-electron chi connectivity index (χ2n) is 6.96. The Labute approximate surface area is 127 Å². The highest BCUT2D eigenvalue weighted by molar-refractivity contribution is 5.68. The molecule has 21 heavy (non-hydrogen) atoms. The van der Waals surface area contributed by atoms with Crippen LogP contribution in [0.5, 0.6) is 0 Å². The Morgan fingerprint density at radius 2 is 1.81 bits per heavy atom. The Bertz CT molecular complexity index is 483. The summed E-state index contributed by atoms with van der Waals surface area (Å²) in [4.78, 5) is 11.9. The zero-order chi connectivity index (χ0) is 15.5. The van der Waals surface area contributed by atoms with Gasteiger partial charge in [-0.15, -0.1) is 0 Å². The number of nitrogens with two attached hydrogens (primary N) is 1. The lowest BCUT2D eigenvalue weighted by atomic mass is 9.79. The minimum Gasteiger partial charge on any atom is -0.444 e. The van der Waals surface area contributed by atoms with Crippen LogP contribution >= 0.6 is 0 Å². The van der Waals surface area contributed by atoms with Gasteiger partial charge in [0.2, 0.25) is 0 Å². The number of ether oxygens (including phenoxy) is 1. The average Bonchev–Trinajstić information content (AvgIpc) is 2.85. The van der Waals surface area contributed by atoms with Gasteiger partial charge < -0.3 is 15.8 Å². The Hall–Kier alpha value is -1.71. The maximum absolute atomic E-state index is 11.9. The van der Waals surface area contributed by atoms with E-state index < -0.39 is 5.60 Å². The van der Waals surface area contributed by atoms with Crippen molar-refractivity contribution in [3.63, 3.8) is 0 Å². The monoisotopic (exact) mass is 290 g/mol. The van der Waals surface area contributed by atoms with Crippen LogP contribution in [-0.2, 0) is 10.2 Å². The van der Waals surface area contributed by atoms with Crippen molar-refractivity contribution in [2.75, 3.05) is 12.3 Å². The molecule has 3 N–H and O–H groups in total. The van der Waals surface area contributed by atoms with Crippen molar-refractivity contribution in [1.29, 1.82) is 0 Å². The van der Waals surface area contributed by atoms with E-state index in [1.165, 1.54) is 18.4 Å². The molecule has 1 amide bonds.